The Morgan fingerprint density at radius 3 is 2.70 bits per heavy atom. The molecule has 0 saturated carbocycles. The molecular formula is C16H14N2O2. The fourth-order valence-electron chi connectivity index (χ4n) is 2.21. The van der Waals surface area contributed by atoms with Crippen LogP contribution in [0, 0.1) is 6.92 Å². The quantitative estimate of drug-likeness (QED) is 0.776. The second-order valence-electron chi connectivity index (χ2n) is 4.61. The molecule has 0 aliphatic rings. The molecule has 0 aliphatic carbocycles. The summed E-state index contributed by atoms with van der Waals surface area (Å²) in [6.07, 6.45) is 0. The van der Waals surface area contributed by atoms with Gasteiger partial charge in [0.1, 0.15) is 11.4 Å². The summed E-state index contributed by atoms with van der Waals surface area (Å²) < 4.78 is 5.15. The lowest BCUT2D eigenvalue weighted by Gasteiger charge is -2.06. The number of H-pyrrole nitrogens is 1. The van der Waals surface area contributed by atoms with E-state index in [4.69, 9.17) is 4.74 Å². The highest BCUT2D eigenvalue weighted by molar-refractivity contribution is 5.78. The molecule has 1 heterocycles. The van der Waals surface area contributed by atoms with Gasteiger partial charge in [-0.2, -0.15) is 0 Å². The molecular weight excluding hydrogens is 252 g/mol. The number of rotatable bonds is 2. The number of nitrogens with one attached hydrogen (secondary N) is 1. The summed E-state index contributed by atoms with van der Waals surface area (Å²) in [6.45, 7) is 1.97. The minimum absolute atomic E-state index is 0.194. The van der Waals surface area contributed by atoms with Crippen molar-refractivity contribution in [1.82, 2.24) is 9.97 Å². The van der Waals surface area contributed by atoms with Crippen LogP contribution in [0.4, 0.5) is 0 Å². The Labute approximate surface area is 116 Å². The highest BCUT2D eigenvalue weighted by Crippen LogP contribution is 2.21. The Kier molecular flexibility index (Phi) is 2.99. The highest BCUT2D eigenvalue weighted by atomic mass is 16.5. The minimum atomic E-state index is -0.194. The summed E-state index contributed by atoms with van der Waals surface area (Å²) in [4.78, 5) is 19.6. The van der Waals surface area contributed by atoms with Crippen LogP contribution < -0.4 is 10.3 Å². The highest BCUT2D eigenvalue weighted by Gasteiger charge is 2.09. The van der Waals surface area contributed by atoms with E-state index in [2.05, 4.69) is 9.97 Å². The van der Waals surface area contributed by atoms with Gasteiger partial charge in [0.2, 0.25) is 0 Å². The van der Waals surface area contributed by atoms with Crippen LogP contribution in [0.25, 0.3) is 22.3 Å². The molecule has 0 bridgehead atoms. The van der Waals surface area contributed by atoms with E-state index >= 15 is 0 Å². The van der Waals surface area contributed by atoms with Gasteiger partial charge in [0.15, 0.2) is 0 Å². The van der Waals surface area contributed by atoms with Crippen LogP contribution in [0.3, 0.4) is 0 Å². The van der Waals surface area contributed by atoms with E-state index in [0.717, 1.165) is 16.6 Å². The summed E-state index contributed by atoms with van der Waals surface area (Å²) in [5.41, 5.74) is 3.54. The monoisotopic (exact) mass is 266 g/mol. The number of benzene rings is 2. The van der Waals surface area contributed by atoms with Crippen molar-refractivity contribution in [2.24, 2.45) is 0 Å². The summed E-state index contributed by atoms with van der Waals surface area (Å²) >= 11 is 0. The normalized spacial score (nSPS) is 10.7. The molecule has 2 aromatic carbocycles. The van der Waals surface area contributed by atoms with E-state index in [-0.39, 0.29) is 5.56 Å². The molecule has 0 spiro atoms. The van der Waals surface area contributed by atoms with Gasteiger partial charge in [-0.15, -0.1) is 0 Å². The Morgan fingerprint density at radius 1 is 1.15 bits per heavy atom. The molecule has 1 aromatic heterocycles. The number of nitrogens with zero attached hydrogens (tertiary/aromatic N) is 1. The number of aromatic nitrogens is 2. The van der Waals surface area contributed by atoms with Gasteiger partial charge in [0.25, 0.3) is 5.56 Å². The maximum absolute atomic E-state index is 12.2. The molecule has 4 nitrogen and oxygen atoms in total. The third-order valence-corrected chi connectivity index (χ3v) is 3.30. The molecule has 0 saturated heterocycles. The lowest BCUT2D eigenvalue weighted by Crippen LogP contribution is -2.12. The first-order valence-corrected chi connectivity index (χ1v) is 6.33. The zero-order chi connectivity index (χ0) is 14.1. The van der Waals surface area contributed by atoms with Crippen LogP contribution in [0.15, 0.2) is 47.3 Å². The van der Waals surface area contributed by atoms with E-state index in [9.17, 15) is 4.79 Å². The lowest BCUT2D eigenvalue weighted by molar-refractivity contribution is 0.415. The van der Waals surface area contributed by atoms with Crippen LogP contribution >= 0.6 is 0 Å². The summed E-state index contributed by atoms with van der Waals surface area (Å²) in [5.74, 6) is 0.693. The molecule has 20 heavy (non-hydrogen) atoms. The van der Waals surface area contributed by atoms with Crippen LogP contribution in [0.1, 0.15) is 5.56 Å². The Balaban J connectivity index is 2.26. The van der Waals surface area contributed by atoms with Gasteiger partial charge in [0, 0.05) is 11.6 Å². The number of hydrogen-bond acceptors (Lipinski definition) is 3. The fraction of sp³-hybridized carbons (Fsp3) is 0.125. The smallest absolute Gasteiger partial charge is 0.274 e. The van der Waals surface area contributed by atoms with E-state index in [0.29, 0.717) is 17.0 Å². The zero-order valence-electron chi connectivity index (χ0n) is 11.3. The van der Waals surface area contributed by atoms with Gasteiger partial charge in [-0.25, -0.2) is 4.98 Å². The average Bonchev–Trinajstić information content (AvgIpc) is 2.47. The van der Waals surface area contributed by atoms with Crippen LogP contribution in [-0.2, 0) is 0 Å². The van der Waals surface area contributed by atoms with Crippen molar-refractivity contribution in [2.45, 2.75) is 6.92 Å². The van der Waals surface area contributed by atoms with Crippen molar-refractivity contribution >= 4 is 11.0 Å². The van der Waals surface area contributed by atoms with Gasteiger partial charge in [-0.05, 0) is 24.6 Å². The average molecular weight is 266 g/mol. The van der Waals surface area contributed by atoms with Gasteiger partial charge < -0.3 is 9.72 Å². The number of aromatic amines is 1. The van der Waals surface area contributed by atoms with E-state index < -0.39 is 0 Å². The molecule has 0 unspecified atom stereocenters. The predicted molar refractivity (Wildman–Crippen MR) is 79.1 cm³/mol. The van der Waals surface area contributed by atoms with Gasteiger partial charge in [0.05, 0.1) is 18.1 Å². The molecule has 0 aliphatic heterocycles. The van der Waals surface area contributed by atoms with Crippen molar-refractivity contribution < 1.29 is 4.74 Å². The summed E-state index contributed by atoms with van der Waals surface area (Å²) in [6, 6.07) is 13.2. The standard InChI is InChI=1S/C16H14N2O2/c1-10-5-3-4-6-12(10)15-16(19)18-14-9-11(20-2)7-8-13(14)17-15/h3-9H,1-2H3,(H,18,19). The molecule has 100 valence electrons. The van der Waals surface area contributed by atoms with E-state index in [1.165, 1.54) is 0 Å². The molecule has 3 rings (SSSR count). The van der Waals surface area contributed by atoms with Crippen molar-refractivity contribution in [3.05, 3.63) is 58.4 Å². The topological polar surface area (TPSA) is 55.0 Å². The number of ether oxygens (including phenoxy) is 1. The van der Waals surface area contributed by atoms with Gasteiger partial charge in [-0.3, -0.25) is 4.79 Å². The fourth-order valence-corrected chi connectivity index (χ4v) is 2.21. The van der Waals surface area contributed by atoms with Gasteiger partial charge >= 0.3 is 0 Å². The number of methoxy groups -OCH3 is 1. The van der Waals surface area contributed by atoms with E-state index in [1.54, 1.807) is 13.2 Å². The third kappa shape index (κ3) is 2.05. The Morgan fingerprint density at radius 2 is 1.95 bits per heavy atom. The molecule has 3 aromatic rings. The van der Waals surface area contributed by atoms with Gasteiger partial charge in [-0.1, -0.05) is 24.3 Å². The second kappa shape index (κ2) is 4.81. The molecule has 0 fully saturated rings. The molecule has 4 heteroatoms. The Bertz CT molecular complexity index is 837. The SMILES string of the molecule is COc1ccc2nc(-c3ccccc3C)c(=O)[nH]c2c1. The summed E-state index contributed by atoms with van der Waals surface area (Å²) in [7, 11) is 1.59. The lowest BCUT2D eigenvalue weighted by atomic mass is 10.1. The van der Waals surface area contributed by atoms with Crippen molar-refractivity contribution in [3.8, 4) is 17.0 Å². The Hall–Kier alpha value is -2.62. The van der Waals surface area contributed by atoms with Crippen LogP contribution in [0.2, 0.25) is 0 Å². The molecule has 0 atom stereocenters. The van der Waals surface area contributed by atoms with Crippen LogP contribution in [-0.4, -0.2) is 17.1 Å². The second-order valence-corrected chi connectivity index (χ2v) is 4.61. The maximum Gasteiger partial charge on any atom is 0.274 e. The maximum atomic E-state index is 12.2. The first kappa shape index (κ1) is 12.4. The van der Waals surface area contributed by atoms with Crippen molar-refractivity contribution in [2.75, 3.05) is 7.11 Å². The molecule has 0 amide bonds. The molecule has 1 N–H and O–H groups in total. The largest absolute Gasteiger partial charge is 0.497 e. The number of hydrogen-bond donors (Lipinski definition) is 1. The van der Waals surface area contributed by atoms with E-state index in [1.807, 2.05) is 43.3 Å². The summed E-state index contributed by atoms with van der Waals surface area (Å²) in [5, 5.41) is 0. The molecule has 0 radical (unpaired) electrons. The first-order valence-electron chi connectivity index (χ1n) is 6.33. The zero-order valence-corrected chi connectivity index (χ0v) is 11.3. The predicted octanol–water partition coefficient (Wildman–Crippen LogP) is 2.91. The van der Waals surface area contributed by atoms with Crippen molar-refractivity contribution in [3.63, 3.8) is 0 Å². The van der Waals surface area contributed by atoms with Crippen molar-refractivity contribution in [1.29, 1.82) is 0 Å². The number of aryl methyl sites for hydroxylation is 1. The van der Waals surface area contributed by atoms with Crippen LogP contribution in [0.5, 0.6) is 5.75 Å². The third-order valence-electron chi connectivity index (χ3n) is 3.30. The number of fused-ring (bicyclic) bond motifs is 1. The minimum Gasteiger partial charge on any atom is -0.497 e. The first-order chi connectivity index (χ1) is 9.69.